The molecule has 2 fully saturated rings. The van der Waals surface area contributed by atoms with Crippen molar-refractivity contribution in [3.8, 4) is 0 Å². The monoisotopic (exact) mass is 259 g/mol. The minimum Gasteiger partial charge on any atom is -0.345 e. The van der Waals surface area contributed by atoms with E-state index in [2.05, 4.69) is 22.0 Å². The van der Waals surface area contributed by atoms with Crippen LogP contribution >= 0.6 is 0 Å². The van der Waals surface area contributed by atoms with E-state index in [9.17, 15) is 4.79 Å². The number of nitrogens with zero attached hydrogens (tertiary/aromatic N) is 3. The molecule has 0 bridgehead atoms. The second-order valence-electron chi connectivity index (χ2n) is 5.87. The fourth-order valence-corrected chi connectivity index (χ4v) is 3.18. The van der Waals surface area contributed by atoms with Crippen LogP contribution in [0.25, 0.3) is 0 Å². The third-order valence-electron chi connectivity index (χ3n) is 4.38. The summed E-state index contributed by atoms with van der Waals surface area (Å²) >= 11 is 0. The SMILES string of the molecule is CN1CC(CN2CC(c3ccncc3)C2)CCC1=O. The molecule has 0 saturated carbocycles. The van der Waals surface area contributed by atoms with Gasteiger partial charge in [0.05, 0.1) is 0 Å². The molecule has 3 heterocycles. The van der Waals surface area contributed by atoms with Crippen molar-refractivity contribution < 1.29 is 4.79 Å². The van der Waals surface area contributed by atoms with Gasteiger partial charge in [-0.1, -0.05) is 0 Å². The lowest BCUT2D eigenvalue weighted by Crippen LogP contribution is -2.49. The summed E-state index contributed by atoms with van der Waals surface area (Å²) in [7, 11) is 1.92. The summed E-state index contributed by atoms with van der Waals surface area (Å²) in [6.45, 7) is 4.37. The molecule has 19 heavy (non-hydrogen) atoms. The van der Waals surface area contributed by atoms with Gasteiger partial charge in [-0.05, 0) is 30.0 Å². The fourth-order valence-electron chi connectivity index (χ4n) is 3.18. The van der Waals surface area contributed by atoms with Crippen molar-refractivity contribution in [2.24, 2.45) is 5.92 Å². The molecule has 4 heteroatoms. The van der Waals surface area contributed by atoms with Crippen molar-refractivity contribution in [3.05, 3.63) is 30.1 Å². The molecule has 2 saturated heterocycles. The summed E-state index contributed by atoms with van der Waals surface area (Å²) in [5.41, 5.74) is 1.40. The van der Waals surface area contributed by atoms with Crippen molar-refractivity contribution in [3.63, 3.8) is 0 Å². The van der Waals surface area contributed by atoms with E-state index < -0.39 is 0 Å². The largest absolute Gasteiger partial charge is 0.345 e. The van der Waals surface area contributed by atoms with Crippen LogP contribution in [0, 0.1) is 5.92 Å². The van der Waals surface area contributed by atoms with Gasteiger partial charge in [-0.15, -0.1) is 0 Å². The minimum absolute atomic E-state index is 0.300. The van der Waals surface area contributed by atoms with E-state index in [-0.39, 0.29) is 0 Å². The Balaban J connectivity index is 1.46. The zero-order chi connectivity index (χ0) is 13.2. The van der Waals surface area contributed by atoms with Gasteiger partial charge in [-0.25, -0.2) is 0 Å². The van der Waals surface area contributed by atoms with E-state index in [1.807, 2.05) is 24.3 Å². The molecular formula is C15H21N3O. The van der Waals surface area contributed by atoms with Gasteiger partial charge in [0.2, 0.25) is 5.91 Å². The number of carbonyl (C=O) groups is 1. The molecule has 0 spiro atoms. The van der Waals surface area contributed by atoms with Gasteiger partial charge in [-0.3, -0.25) is 9.78 Å². The molecule has 3 rings (SSSR count). The lowest BCUT2D eigenvalue weighted by Gasteiger charge is -2.43. The number of amides is 1. The Morgan fingerprint density at radius 2 is 2.00 bits per heavy atom. The van der Waals surface area contributed by atoms with Crippen molar-refractivity contribution in [1.82, 2.24) is 14.8 Å². The Labute approximate surface area is 114 Å². The highest BCUT2D eigenvalue weighted by Crippen LogP contribution is 2.28. The van der Waals surface area contributed by atoms with Crippen LogP contribution in [0.4, 0.5) is 0 Å². The number of likely N-dealkylation sites (tertiary alicyclic amines) is 2. The van der Waals surface area contributed by atoms with Gasteiger partial charge < -0.3 is 9.80 Å². The Kier molecular flexibility index (Phi) is 3.51. The molecule has 0 aliphatic carbocycles. The van der Waals surface area contributed by atoms with E-state index >= 15 is 0 Å². The zero-order valence-electron chi connectivity index (χ0n) is 11.5. The standard InChI is InChI=1S/C15H21N3O/c1-17-8-12(2-3-15(17)19)9-18-10-14(11-18)13-4-6-16-7-5-13/h4-7,12,14H,2-3,8-11H2,1H3. The van der Waals surface area contributed by atoms with E-state index in [0.29, 0.717) is 17.7 Å². The summed E-state index contributed by atoms with van der Waals surface area (Å²) < 4.78 is 0. The number of carbonyl (C=O) groups excluding carboxylic acids is 1. The maximum Gasteiger partial charge on any atom is 0.222 e. The van der Waals surface area contributed by atoms with E-state index in [1.54, 1.807) is 0 Å². The molecule has 2 aliphatic heterocycles. The van der Waals surface area contributed by atoms with E-state index in [0.717, 1.165) is 39.0 Å². The molecule has 1 amide bonds. The molecule has 0 aromatic carbocycles. The number of hydrogen-bond acceptors (Lipinski definition) is 3. The highest BCUT2D eigenvalue weighted by Gasteiger charge is 2.31. The molecule has 0 radical (unpaired) electrons. The first kappa shape index (κ1) is 12.6. The molecule has 1 unspecified atom stereocenters. The predicted molar refractivity (Wildman–Crippen MR) is 73.8 cm³/mol. The van der Waals surface area contributed by atoms with Crippen molar-refractivity contribution >= 4 is 5.91 Å². The number of hydrogen-bond donors (Lipinski definition) is 0. The normalized spacial score (nSPS) is 25.4. The molecular weight excluding hydrogens is 238 g/mol. The molecule has 1 aromatic rings. The van der Waals surface area contributed by atoms with E-state index in [1.165, 1.54) is 5.56 Å². The van der Waals surface area contributed by atoms with Crippen molar-refractivity contribution in [2.75, 3.05) is 33.2 Å². The van der Waals surface area contributed by atoms with Gasteiger partial charge in [0.25, 0.3) is 0 Å². The maximum absolute atomic E-state index is 11.5. The van der Waals surface area contributed by atoms with Crippen LogP contribution in [-0.2, 0) is 4.79 Å². The Bertz CT molecular complexity index is 442. The van der Waals surface area contributed by atoms with Crippen LogP contribution in [0.2, 0.25) is 0 Å². The maximum atomic E-state index is 11.5. The summed E-state index contributed by atoms with van der Waals surface area (Å²) in [6.07, 6.45) is 5.53. The average Bonchev–Trinajstić information content (AvgIpc) is 2.38. The zero-order valence-corrected chi connectivity index (χ0v) is 11.5. The first-order valence-electron chi connectivity index (χ1n) is 7.08. The van der Waals surface area contributed by atoms with Gasteiger partial charge in [0.15, 0.2) is 0 Å². The lowest BCUT2D eigenvalue weighted by atomic mass is 9.89. The molecule has 1 atom stereocenters. The van der Waals surface area contributed by atoms with Crippen LogP contribution < -0.4 is 0 Å². The van der Waals surface area contributed by atoms with Gasteiger partial charge in [0.1, 0.15) is 0 Å². The molecule has 1 aromatic heterocycles. The fraction of sp³-hybridized carbons (Fsp3) is 0.600. The number of pyridine rings is 1. The number of rotatable bonds is 3. The molecule has 0 N–H and O–H groups in total. The van der Waals surface area contributed by atoms with Crippen molar-refractivity contribution in [2.45, 2.75) is 18.8 Å². The van der Waals surface area contributed by atoms with Gasteiger partial charge >= 0.3 is 0 Å². The number of aromatic nitrogens is 1. The molecule has 102 valence electrons. The predicted octanol–water partition coefficient (Wildman–Crippen LogP) is 1.35. The van der Waals surface area contributed by atoms with Crippen LogP contribution in [0.5, 0.6) is 0 Å². The Hall–Kier alpha value is -1.42. The topological polar surface area (TPSA) is 36.4 Å². The summed E-state index contributed by atoms with van der Waals surface area (Å²) in [6, 6.07) is 4.24. The smallest absolute Gasteiger partial charge is 0.222 e. The summed E-state index contributed by atoms with van der Waals surface area (Å²) in [4.78, 5) is 19.9. The third kappa shape index (κ3) is 2.78. The molecule has 2 aliphatic rings. The Morgan fingerprint density at radius 1 is 1.26 bits per heavy atom. The average molecular weight is 259 g/mol. The van der Waals surface area contributed by atoms with Crippen LogP contribution in [0.3, 0.4) is 0 Å². The molecule has 4 nitrogen and oxygen atoms in total. The quantitative estimate of drug-likeness (QED) is 0.822. The first-order chi connectivity index (χ1) is 9.22. The second-order valence-corrected chi connectivity index (χ2v) is 5.87. The lowest BCUT2D eigenvalue weighted by molar-refractivity contribution is -0.133. The van der Waals surface area contributed by atoms with E-state index in [4.69, 9.17) is 0 Å². The summed E-state index contributed by atoms with van der Waals surface area (Å²) in [5, 5.41) is 0. The van der Waals surface area contributed by atoms with Crippen LogP contribution in [-0.4, -0.2) is 53.9 Å². The highest BCUT2D eigenvalue weighted by atomic mass is 16.2. The highest BCUT2D eigenvalue weighted by molar-refractivity contribution is 5.76. The van der Waals surface area contributed by atoms with Crippen LogP contribution in [0.15, 0.2) is 24.5 Å². The Morgan fingerprint density at radius 3 is 2.68 bits per heavy atom. The van der Waals surface area contributed by atoms with Crippen molar-refractivity contribution in [1.29, 1.82) is 0 Å². The number of piperidine rings is 1. The minimum atomic E-state index is 0.300. The van der Waals surface area contributed by atoms with Gasteiger partial charge in [-0.2, -0.15) is 0 Å². The first-order valence-corrected chi connectivity index (χ1v) is 7.08. The summed E-state index contributed by atoms with van der Waals surface area (Å²) in [5.74, 6) is 1.63. The van der Waals surface area contributed by atoms with Crippen LogP contribution in [0.1, 0.15) is 24.3 Å². The second kappa shape index (κ2) is 5.29. The van der Waals surface area contributed by atoms with Gasteiger partial charge in [0, 0.05) is 58.0 Å². The third-order valence-corrected chi connectivity index (χ3v) is 4.38.